The Hall–Kier alpha value is -0.870. The molecule has 3 unspecified atom stereocenters. The van der Waals surface area contributed by atoms with E-state index in [-0.39, 0.29) is 18.1 Å². The molecule has 18 heavy (non-hydrogen) atoms. The average molecular weight is 310 g/mol. The normalized spacial score (nSPS) is 29.6. The van der Waals surface area contributed by atoms with Crippen molar-refractivity contribution in [1.82, 2.24) is 5.32 Å². The Morgan fingerprint density at radius 2 is 2.28 bits per heavy atom. The maximum absolute atomic E-state index is 12.3. The van der Waals surface area contributed by atoms with Gasteiger partial charge in [-0.2, -0.15) is 0 Å². The first kappa shape index (κ1) is 12.2. The number of nitrogens with one attached hydrogen (secondary N) is 1. The zero-order valence-corrected chi connectivity index (χ0v) is 11.9. The third kappa shape index (κ3) is 2.08. The number of carbonyl (C=O) groups is 1. The first-order valence-electron chi connectivity index (χ1n) is 6.36. The average Bonchev–Trinajstić information content (AvgIpc) is 2.94. The Morgan fingerprint density at radius 1 is 1.44 bits per heavy atom. The highest BCUT2D eigenvalue weighted by Gasteiger charge is 2.41. The molecule has 0 aromatic heterocycles. The highest BCUT2D eigenvalue weighted by Crippen LogP contribution is 2.34. The van der Waals surface area contributed by atoms with E-state index in [0.717, 1.165) is 34.9 Å². The molecule has 3 rings (SSSR count). The number of amides is 1. The molecule has 1 aromatic carbocycles. The molecule has 1 N–H and O–H groups in total. The van der Waals surface area contributed by atoms with Gasteiger partial charge in [-0.15, -0.1) is 0 Å². The van der Waals surface area contributed by atoms with E-state index in [1.165, 1.54) is 0 Å². The fourth-order valence-electron chi connectivity index (χ4n) is 2.89. The number of fused-ring (bicyclic) bond motifs is 2. The zero-order chi connectivity index (χ0) is 12.7. The molecular weight excluding hydrogens is 294 g/mol. The Labute approximate surface area is 115 Å². The summed E-state index contributed by atoms with van der Waals surface area (Å²) in [6.45, 7) is 1.95. The quantitative estimate of drug-likeness (QED) is 0.912. The number of halogens is 1. The third-order valence-corrected chi connectivity index (χ3v) is 4.79. The van der Waals surface area contributed by atoms with Crippen molar-refractivity contribution in [2.45, 2.75) is 44.4 Å². The van der Waals surface area contributed by atoms with Gasteiger partial charge in [0, 0.05) is 10.0 Å². The van der Waals surface area contributed by atoms with Gasteiger partial charge in [0.05, 0.1) is 18.2 Å². The summed E-state index contributed by atoms with van der Waals surface area (Å²) in [7, 11) is 0. The Kier molecular flexibility index (Phi) is 3.16. The number of hydrogen-bond donors (Lipinski definition) is 1. The van der Waals surface area contributed by atoms with E-state index >= 15 is 0 Å². The molecule has 3 nitrogen and oxygen atoms in total. The van der Waals surface area contributed by atoms with Crippen LogP contribution in [0.15, 0.2) is 22.7 Å². The molecule has 1 amide bonds. The zero-order valence-electron chi connectivity index (χ0n) is 10.3. The van der Waals surface area contributed by atoms with E-state index in [0.29, 0.717) is 6.10 Å². The van der Waals surface area contributed by atoms with Crippen LogP contribution in [-0.4, -0.2) is 24.2 Å². The Morgan fingerprint density at radius 3 is 2.94 bits per heavy atom. The van der Waals surface area contributed by atoms with Crippen LogP contribution in [0.2, 0.25) is 0 Å². The minimum Gasteiger partial charge on any atom is -0.373 e. The molecule has 2 fully saturated rings. The monoisotopic (exact) mass is 309 g/mol. The Bertz CT molecular complexity index is 489. The fraction of sp³-hybridized carbons (Fsp3) is 0.500. The lowest BCUT2D eigenvalue weighted by molar-refractivity contribution is 0.0840. The van der Waals surface area contributed by atoms with Crippen LogP contribution in [0.1, 0.15) is 35.2 Å². The molecular formula is C14H16BrNO2. The van der Waals surface area contributed by atoms with E-state index in [2.05, 4.69) is 21.2 Å². The molecule has 0 radical (unpaired) electrons. The summed E-state index contributed by atoms with van der Waals surface area (Å²) in [5, 5.41) is 3.11. The molecule has 3 atom stereocenters. The van der Waals surface area contributed by atoms with Crippen LogP contribution in [0.5, 0.6) is 0 Å². The molecule has 4 heteroatoms. The van der Waals surface area contributed by atoms with Crippen LogP contribution in [0.4, 0.5) is 0 Å². The lowest BCUT2D eigenvalue weighted by Crippen LogP contribution is -2.41. The lowest BCUT2D eigenvalue weighted by atomic mass is 9.95. The minimum absolute atomic E-state index is 0.00921. The number of carbonyl (C=O) groups excluding carboxylic acids is 1. The largest absolute Gasteiger partial charge is 0.373 e. The van der Waals surface area contributed by atoms with Crippen LogP contribution < -0.4 is 5.32 Å². The number of benzene rings is 1. The third-order valence-electron chi connectivity index (χ3n) is 3.93. The van der Waals surface area contributed by atoms with Gasteiger partial charge in [-0.3, -0.25) is 4.79 Å². The van der Waals surface area contributed by atoms with Crippen LogP contribution >= 0.6 is 15.9 Å². The van der Waals surface area contributed by atoms with Crippen molar-refractivity contribution in [3.8, 4) is 0 Å². The summed E-state index contributed by atoms with van der Waals surface area (Å²) in [6.07, 6.45) is 3.78. The van der Waals surface area contributed by atoms with Gasteiger partial charge in [0.25, 0.3) is 5.91 Å². The van der Waals surface area contributed by atoms with Gasteiger partial charge in [0.2, 0.25) is 0 Å². The fourth-order valence-corrected chi connectivity index (χ4v) is 3.26. The second-order valence-corrected chi connectivity index (χ2v) is 5.96. The van der Waals surface area contributed by atoms with Crippen molar-refractivity contribution >= 4 is 21.8 Å². The molecule has 0 spiro atoms. The molecule has 2 aliphatic rings. The highest BCUT2D eigenvalue weighted by atomic mass is 79.9. The molecule has 0 saturated carbocycles. The van der Waals surface area contributed by atoms with Gasteiger partial charge < -0.3 is 10.1 Å². The summed E-state index contributed by atoms with van der Waals surface area (Å²) in [5.41, 5.74) is 1.73. The van der Waals surface area contributed by atoms with Crippen LogP contribution in [0.3, 0.4) is 0 Å². The summed E-state index contributed by atoms with van der Waals surface area (Å²) in [5.74, 6) is 0.00921. The van der Waals surface area contributed by atoms with Crippen molar-refractivity contribution in [3.63, 3.8) is 0 Å². The maximum atomic E-state index is 12.3. The van der Waals surface area contributed by atoms with Gasteiger partial charge >= 0.3 is 0 Å². The topological polar surface area (TPSA) is 38.3 Å². The van der Waals surface area contributed by atoms with Crippen LogP contribution in [0, 0.1) is 6.92 Å². The van der Waals surface area contributed by atoms with Crippen molar-refractivity contribution in [2.75, 3.05) is 0 Å². The van der Waals surface area contributed by atoms with Crippen molar-refractivity contribution in [2.24, 2.45) is 0 Å². The molecule has 2 saturated heterocycles. The van der Waals surface area contributed by atoms with Crippen molar-refractivity contribution < 1.29 is 9.53 Å². The lowest BCUT2D eigenvalue weighted by Gasteiger charge is -2.20. The van der Waals surface area contributed by atoms with Gasteiger partial charge in [-0.1, -0.05) is 22.0 Å². The molecule has 2 bridgehead atoms. The SMILES string of the molecule is Cc1c(Br)cccc1C(=O)NC1CC2CCC1O2. The van der Waals surface area contributed by atoms with Gasteiger partial charge in [0.15, 0.2) is 0 Å². The maximum Gasteiger partial charge on any atom is 0.251 e. The second kappa shape index (κ2) is 4.67. The van der Waals surface area contributed by atoms with E-state index < -0.39 is 0 Å². The minimum atomic E-state index is 0.00921. The number of rotatable bonds is 2. The predicted molar refractivity (Wildman–Crippen MR) is 72.6 cm³/mol. The van der Waals surface area contributed by atoms with E-state index in [4.69, 9.17) is 4.74 Å². The van der Waals surface area contributed by atoms with Crippen LogP contribution in [0.25, 0.3) is 0 Å². The standard InChI is InChI=1S/C14H16BrNO2/c1-8-10(3-2-4-11(8)15)14(17)16-12-7-9-5-6-13(12)18-9/h2-4,9,12-13H,5-7H2,1H3,(H,16,17). The van der Waals surface area contributed by atoms with Gasteiger partial charge in [-0.05, 0) is 43.9 Å². The smallest absolute Gasteiger partial charge is 0.251 e. The highest BCUT2D eigenvalue weighted by molar-refractivity contribution is 9.10. The van der Waals surface area contributed by atoms with Crippen molar-refractivity contribution in [3.05, 3.63) is 33.8 Å². The molecule has 1 aromatic rings. The van der Waals surface area contributed by atoms with E-state index in [1.54, 1.807) is 0 Å². The molecule has 2 heterocycles. The van der Waals surface area contributed by atoms with E-state index in [1.807, 2.05) is 25.1 Å². The first-order chi connectivity index (χ1) is 8.65. The molecule has 0 aliphatic carbocycles. The molecule has 96 valence electrons. The summed E-state index contributed by atoms with van der Waals surface area (Å²) in [4.78, 5) is 12.3. The van der Waals surface area contributed by atoms with E-state index in [9.17, 15) is 4.79 Å². The summed E-state index contributed by atoms with van der Waals surface area (Å²) < 4.78 is 6.72. The summed E-state index contributed by atoms with van der Waals surface area (Å²) in [6, 6.07) is 5.90. The molecule has 2 aliphatic heterocycles. The predicted octanol–water partition coefficient (Wildman–Crippen LogP) is 2.81. The van der Waals surface area contributed by atoms with Gasteiger partial charge in [-0.25, -0.2) is 0 Å². The summed E-state index contributed by atoms with van der Waals surface area (Å²) >= 11 is 3.45. The Balaban J connectivity index is 1.73. The number of ether oxygens (including phenoxy) is 1. The van der Waals surface area contributed by atoms with Gasteiger partial charge in [0.1, 0.15) is 0 Å². The first-order valence-corrected chi connectivity index (χ1v) is 7.16. The second-order valence-electron chi connectivity index (χ2n) is 5.10. The van der Waals surface area contributed by atoms with Crippen molar-refractivity contribution in [1.29, 1.82) is 0 Å². The number of hydrogen-bond acceptors (Lipinski definition) is 2. The van der Waals surface area contributed by atoms with Crippen LogP contribution in [-0.2, 0) is 4.74 Å².